The van der Waals surface area contributed by atoms with Gasteiger partial charge in [0.2, 0.25) is 0 Å². The van der Waals surface area contributed by atoms with Gasteiger partial charge in [-0.25, -0.2) is 0 Å². The van der Waals surface area contributed by atoms with Gasteiger partial charge in [-0.2, -0.15) is 13.2 Å². The molecule has 7 heteroatoms. The van der Waals surface area contributed by atoms with Crippen LogP contribution in [0.2, 0.25) is 0 Å². The van der Waals surface area contributed by atoms with E-state index in [1.54, 1.807) is 26.0 Å². The smallest absolute Gasteiger partial charge is 0.416 e. The van der Waals surface area contributed by atoms with Crippen LogP contribution < -0.4 is 9.47 Å². The third-order valence-corrected chi connectivity index (χ3v) is 4.88. The summed E-state index contributed by atoms with van der Waals surface area (Å²) in [5.41, 5.74) is 0.353. The normalized spacial score (nSPS) is 12.7. The summed E-state index contributed by atoms with van der Waals surface area (Å²) in [6.07, 6.45) is -4.54. The van der Waals surface area contributed by atoms with E-state index in [1.807, 2.05) is 25.1 Å². The lowest BCUT2D eigenvalue weighted by Crippen LogP contribution is -2.22. The van der Waals surface area contributed by atoms with Crippen molar-refractivity contribution in [3.63, 3.8) is 0 Å². The topological polar surface area (TPSA) is 27.7 Å². The Morgan fingerprint density at radius 2 is 1.73 bits per heavy atom. The molecule has 1 atom stereocenters. The van der Waals surface area contributed by atoms with Crippen LogP contribution in [-0.2, 0) is 10.9 Å². The van der Waals surface area contributed by atoms with Crippen molar-refractivity contribution in [3.05, 3.63) is 53.6 Å². The summed E-state index contributed by atoms with van der Waals surface area (Å²) in [7, 11) is 3.22. The van der Waals surface area contributed by atoms with E-state index in [-0.39, 0.29) is 12.7 Å². The molecule has 2 aromatic rings. The van der Waals surface area contributed by atoms with Crippen LogP contribution in [0.5, 0.6) is 11.5 Å². The predicted octanol–water partition coefficient (Wildman–Crippen LogP) is 5.21. The minimum absolute atomic E-state index is 0.190. The molecule has 0 bridgehead atoms. The van der Waals surface area contributed by atoms with Gasteiger partial charge >= 0.3 is 6.18 Å². The lowest BCUT2D eigenvalue weighted by Gasteiger charge is -2.17. The number of halogens is 3. The van der Waals surface area contributed by atoms with Gasteiger partial charge in [0.15, 0.2) is 0 Å². The number of hydrogen-bond donors (Lipinski definition) is 0. The van der Waals surface area contributed by atoms with Crippen molar-refractivity contribution in [3.8, 4) is 11.5 Å². The van der Waals surface area contributed by atoms with Gasteiger partial charge in [0.1, 0.15) is 24.2 Å². The molecule has 0 spiro atoms. The van der Waals surface area contributed by atoms with Gasteiger partial charge in [-0.15, -0.1) is 11.8 Å². The average Bonchev–Trinajstić information content (AvgIpc) is 2.61. The van der Waals surface area contributed by atoms with Gasteiger partial charge in [-0.1, -0.05) is 0 Å². The molecule has 0 aromatic heterocycles. The van der Waals surface area contributed by atoms with Crippen molar-refractivity contribution in [2.24, 2.45) is 0 Å². The summed E-state index contributed by atoms with van der Waals surface area (Å²) >= 11 is 1.62. The number of thioether (sulfide) groups is 1. The van der Waals surface area contributed by atoms with Crippen molar-refractivity contribution in [2.45, 2.75) is 24.1 Å². The minimum Gasteiger partial charge on any atom is -0.496 e. The molecule has 1 unspecified atom stereocenters. The van der Waals surface area contributed by atoms with Gasteiger partial charge < -0.3 is 14.2 Å². The predicted molar refractivity (Wildman–Crippen MR) is 96.2 cm³/mol. The first-order valence-electron chi connectivity index (χ1n) is 7.93. The maximum Gasteiger partial charge on any atom is 0.416 e. The Morgan fingerprint density at radius 3 is 2.27 bits per heavy atom. The Hall–Kier alpha value is -1.86. The average molecular weight is 386 g/mol. The van der Waals surface area contributed by atoms with Gasteiger partial charge in [0, 0.05) is 17.8 Å². The summed E-state index contributed by atoms with van der Waals surface area (Å²) in [5.74, 6) is 1.87. The molecule has 0 aliphatic carbocycles. The fourth-order valence-corrected chi connectivity index (χ4v) is 3.28. The highest BCUT2D eigenvalue weighted by Crippen LogP contribution is 2.30. The maximum atomic E-state index is 12.6. The molecule has 3 nitrogen and oxygen atoms in total. The van der Waals surface area contributed by atoms with E-state index in [2.05, 4.69) is 0 Å². The number of alkyl halides is 3. The lowest BCUT2D eigenvalue weighted by molar-refractivity contribution is -0.137. The molecule has 0 aliphatic heterocycles. The van der Waals surface area contributed by atoms with E-state index < -0.39 is 11.7 Å². The third kappa shape index (κ3) is 5.85. The van der Waals surface area contributed by atoms with E-state index in [9.17, 15) is 13.2 Å². The van der Waals surface area contributed by atoms with Crippen LogP contribution in [0.25, 0.3) is 0 Å². The van der Waals surface area contributed by atoms with Crippen LogP contribution in [0.15, 0.2) is 47.4 Å². The van der Waals surface area contributed by atoms with E-state index in [0.717, 1.165) is 28.3 Å². The van der Waals surface area contributed by atoms with Crippen molar-refractivity contribution in [2.75, 3.05) is 26.6 Å². The van der Waals surface area contributed by atoms with Gasteiger partial charge in [-0.3, -0.25) is 0 Å². The molecule has 0 saturated heterocycles. The Labute approximate surface area is 155 Å². The van der Waals surface area contributed by atoms with Crippen molar-refractivity contribution >= 4 is 11.8 Å². The second kappa shape index (κ2) is 9.19. The molecule has 2 rings (SSSR count). The van der Waals surface area contributed by atoms with Crippen LogP contribution in [-0.4, -0.2) is 32.7 Å². The molecule has 0 fully saturated rings. The highest BCUT2D eigenvalue weighted by Gasteiger charge is 2.30. The van der Waals surface area contributed by atoms with Crippen LogP contribution >= 0.6 is 11.8 Å². The molecular weight excluding hydrogens is 365 g/mol. The zero-order chi connectivity index (χ0) is 19.2. The monoisotopic (exact) mass is 386 g/mol. The highest BCUT2D eigenvalue weighted by atomic mass is 32.2. The molecular formula is C19H21F3O3S. The Balaban J connectivity index is 1.86. The molecule has 0 N–H and O–H groups in total. The van der Waals surface area contributed by atoms with Crippen LogP contribution in [0.4, 0.5) is 13.2 Å². The SMILES string of the molecule is COc1ccc(SCC(COc2ccc(C(F)(F)F)cc2)OC)cc1C. The molecule has 0 heterocycles. The quantitative estimate of drug-likeness (QED) is 0.582. The van der Waals surface area contributed by atoms with E-state index >= 15 is 0 Å². The highest BCUT2D eigenvalue weighted by molar-refractivity contribution is 7.99. The first-order valence-corrected chi connectivity index (χ1v) is 8.92. The van der Waals surface area contributed by atoms with Gasteiger partial charge in [0.25, 0.3) is 0 Å². The fourth-order valence-electron chi connectivity index (χ4n) is 2.24. The molecule has 26 heavy (non-hydrogen) atoms. The standard InChI is InChI=1S/C19H21F3O3S/c1-13-10-17(8-9-18(13)24-3)26-12-16(23-2)11-25-15-6-4-14(5-7-15)19(20,21)22/h4-10,16H,11-12H2,1-3H3. The summed E-state index contributed by atoms with van der Waals surface area (Å²) in [4.78, 5) is 1.08. The van der Waals surface area contributed by atoms with Crippen molar-refractivity contribution < 1.29 is 27.4 Å². The van der Waals surface area contributed by atoms with Gasteiger partial charge in [0.05, 0.1) is 12.7 Å². The number of methoxy groups -OCH3 is 2. The maximum absolute atomic E-state index is 12.6. The van der Waals surface area contributed by atoms with E-state index in [1.165, 1.54) is 12.1 Å². The Morgan fingerprint density at radius 1 is 1.04 bits per heavy atom. The Bertz CT molecular complexity index is 702. The lowest BCUT2D eigenvalue weighted by atomic mass is 10.2. The number of rotatable bonds is 8. The molecule has 2 aromatic carbocycles. The molecule has 0 aliphatic rings. The number of aryl methyl sites for hydroxylation is 1. The second-order valence-corrected chi connectivity index (χ2v) is 6.73. The van der Waals surface area contributed by atoms with E-state index in [0.29, 0.717) is 11.5 Å². The first-order chi connectivity index (χ1) is 12.3. The number of ether oxygens (including phenoxy) is 3. The molecule has 0 radical (unpaired) electrons. The van der Waals surface area contributed by atoms with E-state index in [4.69, 9.17) is 14.2 Å². The summed E-state index contributed by atoms with van der Waals surface area (Å²) < 4.78 is 53.8. The third-order valence-electron chi connectivity index (χ3n) is 3.75. The zero-order valence-corrected chi connectivity index (χ0v) is 15.6. The molecule has 0 amide bonds. The number of hydrogen-bond acceptors (Lipinski definition) is 4. The largest absolute Gasteiger partial charge is 0.496 e. The van der Waals surface area contributed by atoms with Crippen molar-refractivity contribution in [1.82, 2.24) is 0 Å². The van der Waals surface area contributed by atoms with Crippen LogP contribution in [0.1, 0.15) is 11.1 Å². The van der Waals surface area contributed by atoms with Crippen LogP contribution in [0.3, 0.4) is 0 Å². The first kappa shape index (κ1) is 20.5. The minimum atomic E-state index is -4.35. The second-order valence-electron chi connectivity index (χ2n) is 5.63. The summed E-state index contributed by atoms with van der Waals surface area (Å²) in [6.45, 7) is 2.23. The molecule has 0 saturated carbocycles. The summed E-state index contributed by atoms with van der Waals surface area (Å²) in [5, 5.41) is 0. The Kier molecular flexibility index (Phi) is 7.23. The fraction of sp³-hybridized carbons (Fsp3) is 0.368. The van der Waals surface area contributed by atoms with Crippen molar-refractivity contribution in [1.29, 1.82) is 0 Å². The van der Waals surface area contributed by atoms with Gasteiger partial charge in [-0.05, 0) is 55.0 Å². The summed E-state index contributed by atoms with van der Waals surface area (Å²) in [6, 6.07) is 10.6. The van der Waals surface area contributed by atoms with Crippen LogP contribution in [0, 0.1) is 6.92 Å². The zero-order valence-electron chi connectivity index (χ0n) is 14.8. The molecule has 142 valence electrons. The number of benzene rings is 2.